The summed E-state index contributed by atoms with van der Waals surface area (Å²) in [6.45, 7) is 2.83. The van der Waals surface area contributed by atoms with E-state index in [1.54, 1.807) is 6.26 Å². The monoisotopic (exact) mass is 478 g/mol. The lowest BCUT2D eigenvalue weighted by Gasteiger charge is -2.25. The Morgan fingerprint density at radius 2 is 1.41 bits per heavy atom. The molecule has 3 amide bonds. The molecule has 0 aromatic rings. The second-order valence-corrected chi connectivity index (χ2v) is 8.64. The minimum absolute atomic E-state index is 0.0351. The van der Waals surface area contributed by atoms with Gasteiger partial charge in [0.1, 0.15) is 18.1 Å². The normalized spacial score (nSPS) is 14.7. The molecule has 0 spiro atoms. The van der Waals surface area contributed by atoms with Crippen LogP contribution in [0, 0.1) is 5.92 Å². The summed E-state index contributed by atoms with van der Waals surface area (Å²) in [7, 11) is 0. The van der Waals surface area contributed by atoms with Crippen molar-refractivity contribution >= 4 is 41.4 Å². The summed E-state index contributed by atoms with van der Waals surface area (Å²) in [5.74, 6) is -4.23. The summed E-state index contributed by atoms with van der Waals surface area (Å²) >= 11 is 1.43. The standard InChI is InChI=1S/C19H34N4O8S/c1-10(2)8-13(17(28)21-12(19(30)31)6-7-32-3)22-18(29)14(9-24)23-16(27)11(20)4-5-15(25)26/h10-14,24H,4-9,20H2,1-3H3,(H,21,28)(H,22,29)(H,23,27)(H,25,26)(H,30,31). The largest absolute Gasteiger partial charge is 0.481 e. The molecule has 0 saturated carbocycles. The second-order valence-electron chi connectivity index (χ2n) is 7.65. The highest BCUT2D eigenvalue weighted by molar-refractivity contribution is 7.98. The van der Waals surface area contributed by atoms with Crippen LogP contribution in [0.3, 0.4) is 0 Å². The minimum Gasteiger partial charge on any atom is -0.481 e. The quantitative estimate of drug-likeness (QED) is 0.137. The van der Waals surface area contributed by atoms with Crippen LogP contribution < -0.4 is 21.7 Å². The van der Waals surface area contributed by atoms with E-state index in [1.165, 1.54) is 11.8 Å². The number of hydrogen-bond donors (Lipinski definition) is 7. The number of carbonyl (C=O) groups is 5. The average molecular weight is 479 g/mol. The van der Waals surface area contributed by atoms with Crippen molar-refractivity contribution in [2.45, 2.75) is 63.7 Å². The number of amides is 3. The third-order valence-corrected chi connectivity index (χ3v) is 5.03. The van der Waals surface area contributed by atoms with E-state index in [-0.39, 0.29) is 31.6 Å². The highest BCUT2D eigenvalue weighted by Crippen LogP contribution is 2.08. The number of thioether (sulfide) groups is 1. The number of nitrogens with one attached hydrogen (secondary N) is 3. The molecule has 0 aliphatic carbocycles. The van der Waals surface area contributed by atoms with Crippen LogP contribution in [0.1, 0.15) is 39.5 Å². The molecule has 0 bridgehead atoms. The molecule has 0 aliphatic rings. The van der Waals surface area contributed by atoms with Crippen molar-refractivity contribution in [1.82, 2.24) is 16.0 Å². The fraction of sp³-hybridized carbons (Fsp3) is 0.737. The summed E-state index contributed by atoms with van der Waals surface area (Å²) < 4.78 is 0. The van der Waals surface area contributed by atoms with Crippen molar-refractivity contribution < 1.29 is 39.3 Å². The van der Waals surface area contributed by atoms with Crippen LogP contribution in [0.5, 0.6) is 0 Å². The van der Waals surface area contributed by atoms with Gasteiger partial charge in [-0.2, -0.15) is 11.8 Å². The Morgan fingerprint density at radius 3 is 1.88 bits per heavy atom. The SMILES string of the molecule is CSCCC(NC(=O)C(CC(C)C)NC(=O)C(CO)NC(=O)C(N)CCC(=O)O)C(=O)O. The highest BCUT2D eigenvalue weighted by Gasteiger charge is 2.30. The lowest BCUT2D eigenvalue weighted by atomic mass is 10.0. The van der Waals surface area contributed by atoms with Crippen molar-refractivity contribution in [1.29, 1.82) is 0 Å². The molecular formula is C19H34N4O8S. The van der Waals surface area contributed by atoms with E-state index in [1.807, 2.05) is 13.8 Å². The van der Waals surface area contributed by atoms with E-state index < -0.39 is 60.4 Å². The van der Waals surface area contributed by atoms with Crippen LogP contribution in [-0.2, 0) is 24.0 Å². The van der Waals surface area contributed by atoms with Crippen LogP contribution in [0.25, 0.3) is 0 Å². The Balaban J connectivity index is 5.19. The topological polar surface area (TPSA) is 208 Å². The third kappa shape index (κ3) is 11.9. The molecule has 4 atom stereocenters. The second kappa shape index (κ2) is 15.4. The molecule has 0 heterocycles. The van der Waals surface area contributed by atoms with Gasteiger partial charge in [0.2, 0.25) is 17.7 Å². The Morgan fingerprint density at radius 1 is 0.875 bits per heavy atom. The van der Waals surface area contributed by atoms with Crippen LogP contribution in [0.15, 0.2) is 0 Å². The molecule has 0 saturated heterocycles. The number of nitrogens with two attached hydrogens (primary N) is 1. The van der Waals surface area contributed by atoms with Crippen molar-refractivity contribution in [3.8, 4) is 0 Å². The zero-order valence-electron chi connectivity index (χ0n) is 18.5. The van der Waals surface area contributed by atoms with Crippen LogP contribution >= 0.6 is 11.8 Å². The number of rotatable bonds is 16. The third-order valence-electron chi connectivity index (χ3n) is 4.39. The first-order valence-electron chi connectivity index (χ1n) is 10.1. The molecule has 0 fully saturated rings. The Bertz CT molecular complexity index is 661. The summed E-state index contributed by atoms with van der Waals surface area (Å²) in [6.07, 6.45) is 1.69. The molecule has 12 nitrogen and oxygen atoms in total. The van der Waals surface area contributed by atoms with Gasteiger partial charge < -0.3 is 37.0 Å². The van der Waals surface area contributed by atoms with Crippen LogP contribution in [0.2, 0.25) is 0 Å². The first kappa shape index (κ1) is 29.6. The van der Waals surface area contributed by atoms with Crippen molar-refractivity contribution in [3.63, 3.8) is 0 Å². The number of hydrogen-bond acceptors (Lipinski definition) is 8. The van der Waals surface area contributed by atoms with Gasteiger partial charge in [0.25, 0.3) is 0 Å². The van der Waals surface area contributed by atoms with E-state index in [2.05, 4.69) is 16.0 Å². The number of aliphatic hydroxyl groups is 1. The molecular weight excluding hydrogens is 444 g/mol. The fourth-order valence-corrected chi connectivity index (χ4v) is 3.09. The van der Waals surface area contributed by atoms with Gasteiger partial charge in [0.15, 0.2) is 0 Å². The predicted octanol–water partition coefficient (Wildman–Crippen LogP) is -1.49. The van der Waals surface area contributed by atoms with Crippen molar-refractivity contribution in [3.05, 3.63) is 0 Å². The molecule has 184 valence electrons. The number of carbonyl (C=O) groups excluding carboxylic acids is 3. The van der Waals surface area contributed by atoms with Crippen LogP contribution in [0.4, 0.5) is 0 Å². The van der Waals surface area contributed by atoms with E-state index in [0.717, 1.165) is 0 Å². The number of aliphatic hydroxyl groups excluding tert-OH is 1. The summed E-state index contributed by atoms with van der Waals surface area (Å²) in [6, 6.07) is -4.84. The average Bonchev–Trinajstić information content (AvgIpc) is 2.71. The number of carboxylic acid groups (broad SMARTS) is 2. The molecule has 0 aliphatic heterocycles. The first-order valence-corrected chi connectivity index (χ1v) is 11.5. The minimum atomic E-state index is -1.42. The maximum absolute atomic E-state index is 12.7. The van der Waals surface area contributed by atoms with Gasteiger partial charge in [-0.1, -0.05) is 13.8 Å². The summed E-state index contributed by atoms with van der Waals surface area (Å²) in [4.78, 5) is 59.3. The Hall–Kier alpha value is -2.38. The first-order chi connectivity index (χ1) is 14.9. The molecule has 0 rings (SSSR count). The fourth-order valence-electron chi connectivity index (χ4n) is 2.62. The smallest absolute Gasteiger partial charge is 0.326 e. The predicted molar refractivity (Wildman–Crippen MR) is 118 cm³/mol. The highest BCUT2D eigenvalue weighted by atomic mass is 32.2. The Labute approximate surface area is 191 Å². The Kier molecular flexibility index (Phi) is 14.3. The van der Waals surface area contributed by atoms with E-state index >= 15 is 0 Å². The summed E-state index contributed by atoms with van der Waals surface area (Å²) in [5.41, 5.74) is 5.60. The van der Waals surface area contributed by atoms with Gasteiger partial charge in [-0.15, -0.1) is 0 Å². The molecule has 4 unspecified atom stereocenters. The van der Waals surface area contributed by atoms with Gasteiger partial charge in [-0.3, -0.25) is 19.2 Å². The molecule has 0 aromatic heterocycles. The van der Waals surface area contributed by atoms with E-state index in [0.29, 0.717) is 5.75 Å². The maximum atomic E-state index is 12.7. The number of carboxylic acids is 2. The zero-order chi connectivity index (χ0) is 24.8. The van der Waals surface area contributed by atoms with Gasteiger partial charge in [0, 0.05) is 6.42 Å². The summed E-state index contributed by atoms with van der Waals surface area (Å²) in [5, 5.41) is 34.5. The van der Waals surface area contributed by atoms with Crippen molar-refractivity contribution in [2.24, 2.45) is 11.7 Å². The number of aliphatic carboxylic acids is 2. The van der Waals surface area contributed by atoms with Gasteiger partial charge in [-0.25, -0.2) is 4.79 Å². The molecule has 32 heavy (non-hydrogen) atoms. The molecule has 8 N–H and O–H groups in total. The van der Waals surface area contributed by atoms with Gasteiger partial charge in [-0.05, 0) is 37.2 Å². The van der Waals surface area contributed by atoms with E-state index in [4.69, 9.17) is 10.8 Å². The lowest BCUT2D eigenvalue weighted by Crippen LogP contribution is -2.58. The maximum Gasteiger partial charge on any atom is 0.326 e. The molecule has 13 heteroatoms. The molecule has 0 radical (unpaired) electrons. The van der Waals surface area contributed by atoms with Crippen LogP contribution in [-0.4, -0.2) is 87.8 Å². The molecule has 0 aromatic carbocycles. The zero-order valence-corrected chi connectivity index (χ0v) is 19.3. The van der Waals surface area contributed by atoms with Gasteiger partial charge >= 0.3 is 11.9 Å². The lowest BCUT2D eigenvalue weighted by molar-refractivity contribution is -0.142. The van der Waals surface area contributed by atoms with Gasteiger partial charge in [0.05, 0.1) is 12.6 Å². The van der Waals surface area contributed by atoms with E-state index in [9.17, 15) is 34.2 Å². The van der Waals surface area contributed by atoms with Crippen molar-refractivity contribution in [2.75, 3.05) is 18.6 Å².